The van der Waals surface area contributed by atoms with Crippen LogP contribution in [0.25, 0.3) is 11.3 Å². The lowest BCUT2D eigenvalue weighted by Gasteiger charge is -2.08. The lowest BCUT2D eigenvalue weighted by molar-refractivity contribution is 0.341. The minimum Gasteiger partial charge on any atom is -0.493 e. The number of hydrogen-bond donors (Lipinski definition) is 2. The van der Waals surface area contributed by atoms with Crippen LogP contribution in [0.5, 0.6) is 5.75 Å². The summed E-state index contributed by atoms with van der Waals surface area (Å²) < 4.78 is 7.14. The zero-order chi connectivity index (χ0) is 13.4. The van der Waals surface area contributed by atoms with E-state index >= 15 is 0 Å². The van der Waals surface area contributed by atoms with Crippen LogP contribution in [-0.4, -0.2) is 16.3 Å². The van der Waals surface area contributed by atoms with Gasteiger partial charge in [0.1, 0.15) is 17.3 Å². The molecule has 4 N–H and O–H groups in total. The van der Waals surface area contributed by atoms with E-state index in [4.69, 9.17) is 16.3 Å². The number of ether oxygens (including phenoxy) is 1. The second-order valence-electron chi connectivity index (χ2n) is 4.78. The number of rotatable bonds is 4. The molecule has 1 fully saturated rings. The van der Waals surface area contributed by atoms with E-state index in [0.29, 0.717) is 24.0 Å². The number of nitrogen functional groups attached to an aromatic ring is 2. The van der Waals surface area contributed by atoms with Gasteiger partial charge in [-0.15, -0.1) is 0 Å². The second kappa shape index (κ2) is 4.50. The van der Waals surface area contributed by atoms with Crippen molar-refractivity contribution in [2.45, 2.75) is 25.7 Å². The van der Waals surface area contributed by atoms with Crippen LogP contribution in [-0.2, 0) is 0 Å². The summed E-state index contributed by atoms with van der Waals surface area (Å²) in [6.45, 7) is 2.56. The van der Waals surface area contributed by atoms with E-state index in [1.165, 1.54) is 4.68 Å². The van der Waals surface area contributed by atoms with Crippen molar-refractivity contribution < 1.29 is 4.74 Å². The maximum Gasteiger partial charge on any atom is 0.150 e. The number of nitrogens with zero attached hydrogens (tertiary/aromatic N) is 2. The molecular weight excluding hydrogens is 240 g/mol. The van der Waals surface area contributed by atoms with Gasteiger partial charge in [-0.05, 0) is 31.9 Å². The Labute approximate surface area is 112 Å². The highest BCUT2D eigenvalue weighted by Gasteiger charge is 2.31. The molecule has 19 heavy (non-hydrogen) atoms. The molecule has 5 heteroatoms. The van der Waals surface area contributed by atoms with E-state index in [2.05, 4.69) is 4.98 Å². The Morgan fingerprint density at radius 2 is 2.11 bits per heavy atom. The van der Waals surface area contributed by atoms with Gasteiger partial charge >= 0.3 is 0 Å². The average Bonchev–Trinajstić information content (AvgIpc) is 3.21. The maximum absolute atomic E-state index is 6.09. The molecule has 1 aliphatic carbocycles. The first-order chi connectivity index (χ1) is 9.22. The van der Waals surface area contributed by atoms with Crippen molar-refractivity contribution in [1.29, 1.82) is 0 Å². The highest BCUT2D eigenvalue weighted by molar-refractivity contribution is 5.76. The molecule has 0 aliphatic heterocycles. The van der Waals surface area contributed by atoms with Crippen molar-refractivity contribution in [1.82, 2.24) is 9.66 Å². The SMILES string of the molecule is CCOc1ccccc1-c1nc(C2CC2)n(N)c1N. The molecule has 0 radical (unpaired) electrons. The van der Waals surface area contributed by atoms with Crippen molar-refractivity contribution in [2.24, 2.45) is 0 Å². The minimum absolute atomic E-state index is 0.459. The van der Waals surface area contributed by atoms with Gasteiger partial charge in [-0.1, -0.05) is 12.1 Å². The number of hydrogen-bond acceptors (Lipinski definition) is 4. The van der Waals surface area contributed by atoms with Gasteiger partial charge in [0.2, 0.25) is 0 Å². The van der Waals surface area contributed by atoms with Gasteiger partial charge in [0.25, 0.3) is 0 Å². The fourth-order valence-corrected chi connectivity index (χ4v) is 2.23. The topological polar surface area (TPSA) is 79.1 Å². The summed E-state index contributed by atoms with van der Waals surface area (Å²) in [5, 5.41) is 0. The molecule has 0 saturated heterocycles. The summed E-state index contributed by atoms with van der Waals surface area (Å²) in [5.74, 6) is 8.61. The third-order valence-corrected chi connectivity index (χ3v) is 3.36. The first-order valence-electron chi connectivity index (χ1n) is 6.57. The van der Waals surface area contributed by atoms with E-state index in [0.717, 1.165) is 30.0 Å². The monoisotopic (exact) mass is 258 g/mol. The normalized spacial score (nSPS) is 14.6. The lowest BCUT2D eigenvalue weighted by atomic mass is 10.1. The van der Waals surface area contributed by atoms with E-state index in [-0.39, 0.29) is 0 Å². The molecule has 0 unspecified atom stereocenters. The van der Waals surface area contributed by atoms with Gasteiger partial charge in [-0.3, -0.25) is 0 Å². The summed E-state index contributed by atoms with van der Waals surface area (Å²) in [6.07, 6.45) is 2.28. The Hall–Kier alpha value is -2.17. The molecular formula is C14H18N4O. The van der Waals surface area contributed by atoms with Crippen LogP contribution in [0.1, 0.15) is 31.5 Å². The zero-order valence-corrected chi connectivity index (χ0v) is 11.0. The van der Waals surface area contributed by atoms with E-state index < -0.39 is 0 Å². The summed E-state index contributed by atoms with van der Waals surface area (Å²) in [5.41, 5.74) is 7.70. The van der Waals surface area contributed by atoms with Crippen molar-refractivity contribution in [3.8, 4) is 17.0 Å². The first kappa shape index (κ1) is 11.9. The lowest BCUT2D eigenvalue weighted by Crippen LogP contribution is -2.14. The minimum atomic E-state index is 0.459. The third-order valence-electron chi connectivity index (χ3n) is 3.36. The quantitative estimate of drug-likeness (QED) is 0.823. The Bertz CT molecular complexity index is 601. The highest BCUT2D eigenvalue weighted by atomic mass is 16.5. The Morgan fingerprint density at radius 1 is 1.37 bits per heavy atom. The van der Waals surface area contributed by atoms with Crippen LogP contribution in [0, 0.1) is 0 Å². The fraction of sp³-hybridized carbons (Fsp3) is 0.357. The molecule has 1 heterocycles. The van der Waals surface area contributed by atoms with Crippen molar-refractivity contribution in [3.63, 3.8) is 0 Å². The molecule has 0 spiro atoms. The average molecular weight is 258 g/mol. The zero-order valence-electron chi connectivity index (χ0n) is 11.0. The van der Waals surface area contributed by atoms with Crippen LogP contribution < -0.4 is 16.3 Å². The van der Waals surface area contributed by atoms with Crippen LogP contribution in [0.15, 0.2) is 24.3 Å². The van der Waals surface area contributed by atoms with Crippen LogP contribution in [0.3, 0.4) is 0 Å². The van der Waals surface area contributed by atoms with Gasteiger partial charge in [-0.25, -0.2) is 9.66 Å². The summed E-state index contributed by atoms with van der Waals surface area (Å²) in [7, 11) is 0. The van der Waals surface area contributed by atoms with Gasteiger partial charge in [0, 0.05) is 11.5 Å². The molecule has 0 amide bonds. The summed E-state index contributed by atoms with van der Waals surface area (Å²) >= 11 is 0. The predicted molar refractivity (Wildman–Crippen MR) is 75.4 cm³/mol. The van der Waals surface area contributed by atoms with Crippen molar-refractivity contribution >= 4 is 5.82 Å². The predicted octanol–water partition coefficient (Wildman–Crippen LogP) is 2.12. The van der Waals surface area contributed by atoms with E-state index in [1.807, 2.05) is 31.2 Å². The molecule has 0 atom stereocenters. The molecule has 5 nitrogen and oxygen atoms in total. The first-order valence-corrected chi connectivity index (χ1v) is 6.57. The molecule has 1 saturated carbocycles. The molecule has 2 aromatic rings. The van der Waals surface area contributed by atoms with Crippen molar-refractivity contribution in [2.75, 3.05) is 18.2 Å². The Kier molecular flexibility index (Phi) is 2.81. The third kappa shape index (κ3) is 2.01. The largest absolute Gasteiger partial charge is 0.493 e. The van der Waals surface area contributed by atoms with Gasteiger partial charge in [0.15, 0.2) is 5.82 Å². The van der Waals surface area contributed by atoms with Gasteiger partial charge < -0.3 is 16.3 Å². The van der Waals surface area contributed by atoms with Gasteiger partial charge in [-0.2, -0.15) is 0 Å². The van der Waals surface area contributed by atoms with Crippen LogP contribution >= 0.6 is 0 Å². The summed E-state index contributed by atoms with van der Waals surface area (Å²) in [4.78, 5) is 4.62. The molecule has 1 aromatic carbocycles. The molecule has 0 bridgehead atoms. The van der Waals surface area contributed by atoms with E-state index in [9.17, 15) is 0 Å². The summed E-state index contributed by atoms with van der Waals surface area (Å²) in [6, 6.07) is 7.76. The van der Waals surface area contributed by atoms with E-state index in [1.54, 1.807) is 0 Å². The van der Waals surface area contributed by atoms with Crippen LogP contribution in [0.2, 0.25) is 0 Å². The molecule has 3 rings (SSSR count). The number of benzene rings is 1. The molecule has 1 aromatic heterocycles. The number of imidazole rings is 1. The standard InChI is InChI=1S/C14H18N4O/c1-2-19-11-6-4-3-5-10(11)12-13(15)18(16)14(17-12)9-7-8-9/h3-6,9H,2,7-8,15-16H2,1H3. The number of anilines is 1. The number of nitrogens with two attached hydrogens (primary N) is 2. The van der Waals surface area contributed by atoms with Crippen molar-refractivity contribution in [3.05, 3.63) is 30.1 Å². The maximum atomic E-state index is 6.09. The molecule has 1 aliphatic rings. The fourth-order valence-electron chi connectivity index (χ4n) is 2.23. The second-order valence-corrected chi connectivity index (χ2v) is 4.78. The smallest absolute Gasteiger partial charge is 0.150 e. The highest BCUT2D eigenvalue weighted by Crippen LogP contribution is 2.42. The Morgan fingerprint density at radius 3 is 2.79 bits per heavy atom. The Balaban J connectivity index is 2.09. The molecule has 100 valence electrons. The number of aromatic nitrogens is 2. The van der Waals surface area contributed by atoms with Crippen LogP contribution in [0.4, 0.5) is 5.82 Å². The number of para-hydroxylation sites is 1. The van der Waals surface area contributed by atoms with Gasteiger partial charge in [0.05, 0.1) is 6.61 Å².